The van der Waals surface area contributed by atoms with E-state index in [4.69, 9.17) is 4.74 Å². The van der Waals surface area contributed by atoms with Crippen molar-refractivity contribution in [2.45, 2.75) is 38.5 Å². The highest BCUT2D eigenvalue weighted by Gasteiger charge is 2.24. The Morgan fingerprint density at radius 3 is 2.77 bits per heavy atom. The maximum Gasteiger partial charge on any atom is 0.328 e. The van der Waals surface area contributed by atoms with Crippen LogP contribution < -0.4 is 16.0 Å². The van der Waals surface area contributed by atoms with Gasteiger partial charge in [-0.2, -0.15) is 12.6 Å². The maximum absolute atomic E-state index is 12.4. The second kappa shape index (κ2) is 11.1. The number of cyclic esters (lactones) is 1. The van der Waals surface area contributed by atoms with Crippen LogP contribution in [0.1, 0.15) is 35.9 Å². The molecule has 0 saturated heterocycles. The lowest BCUT2D eigenvalue weighted by atomic mass is 10.2. The second-order valence-corrected chi connectivity index (χ2v) is 6.99. The van der Waals surface area contributed by atoms with Crippen LogP contribution in [0, 0.1) is 0 Å². The third-order valence-electron chi connectivity index (χ3n) is 4.05. The molecule has 0 fully saturated rings. The summed E-state index contributed by atoms with van der Waals surface area (Å²) in [6.45, 7) is 5.03. The number of hydrogen-bond donors (Lipinski definition) is 4. The van der Waals surface area contributed by atoms with Crippen LogP contribution in [0.25, 0.3) is 0 Å². The standard InChI is InChI=1S/C20H24N4O5S/c1-12-18(26)23-13(2)20(28)29-15(7-3-4-9-30)10-17(25)21-11-14-6-5-8-16(24-14)19(27)22-12/h3,5-8,13,15,30H,1,4,9-11H2,2H3,(H,21,25)(H,22,27)(H,23,26)/b7-3+/t13-,15+/m0/s1. The molecule has 30 heavy (non-hydrogen) atoms. The Balaban J connectivity index is 2.27. The fourth-order valence-corrected chi connectivity index (χ4v) is 2.62. The first-order valence-corrected chi connectivity index (χ1v) is 9.95. The van der Waals surface area contributed by atoms with Gasteiger partial charge < -0.3 is 20.7 Å². The summed E-state index contributed by atoms with van der Waals surface area (Å²) < 4.78 is 5.37. The molecule has 3 N–H and O–H groups in total. The Morgan fingerprint density at radius 1 is 1.27 bits per heavy atom. The van der Waals surface area contributed by atoms with Gasteiger partial charge in [0.2, 0.25) is 5.91 Å². The number of nitrogens with zero attached hydrogens (tertiary/aromatic N) is 1. The van der Waals surface area contributed by atoms with E-state index in [0.717, 1.165) is 0 Å². The van der Waals surface area contributed by atoms with Crippen LogP contribution in [0.5, 0.6) is 0 Å². The molecule has 3 amide bonds. The van der Waals surface area contributed by atoms with Crippen molar-refractivity contribution in [3.63, 3.8) is 0 Å². The number of rotatable bonds is 3. The predicted molar refractivity (Wildman–Crippen MR) is 112 cm³/mol. The SMILES string of the molecule is C=C1NC(=O)c2cccc(n2)CNC(=O)C[C@@H](/C=C/CCS)OC(=O)[C@H](C)NC1=O. The zero-order valence-corrected chi connectivity index (χ0v) is 17.4. The van der Waals surface area contributed by atoms with Crippen molar-refractivity contribution in [1.29, 1.82) is 0 Å². The smallest absolute Gasteiger partial charge is 0.328 e. The second-order valence-electron chi connectivity index (χ2n) is 6.54. The van der Waals surface area contributed by atoms with Crippen LogP contribution in [-0.4, -0.2) is 46.6 Å². The van der Waals surface area contributed by atoms with E-state index in [1.165, 1.54) is 13.0 Å². The highest BCUT2D eigenvalue weighted by atomic mass is 32.1. The molecule has 1 aromatic heterocycles. The van der Waals surface area contributed by atoms with E-state index in [2.05, 4.69) is 40.1 Å². The normalized spacial score (nSPS) is 21.6. The summed E-state index contributed by atoms with van der Waals surface area (Å²) in [7, 11) is 0. The molecular weight excluding hydrogens is 408 g/mol. The molecule has 0 unspecified atom stereocenters. The first kappa shape index (κ1) is 23.1. The molecule has 2 atom stereocenters. The lowest BCUT2D eigenvalue weighted by Crippen LogP contribution is -2.44. The summed E-state index contributed by atoms with van der Waals surface area (Å²) in [4.78, 5) is 53.4. The van der Waals surface area contributed by atoms with Crippen molar-refractivity contribution in [2.24, 2.45) is 0 Å². The molecule has 2 rings (SSSR count). The van der Waals surface area contributed by atoms with Crippen molar-refractivity contribution >= 4 is 36.3 Å². The van der Waals surface area contributed by atoms with E-state index in [1.807, 2.05) is 0 Å². The fraction of sp³-hybridized carbons (Fsp3) is 0.350. The monoisotopic (exact) mass is 432 g/mol. The van der Waals surface area contributed by atoms with E-state index in [1.54, 1.807) is 24.3 Å². The van der Waals surface area contributed by atoms with Gasteiger partial charge in [-0.25, -0.2) is 9.78 Å². The molecule has 0 radical (unpaired) electrons. The van der Waals surface area contributed by atoms with Crippen LogP contribution in [-0.2, 0) is 25.7 Å². The van der Waals surface area contributed by atoms with Crippen molar-refractivity contribution in [3.8, 4) is 0 Å². The van der Waals surface area contributed by atoms with Gasteiger partial charge in [0.05, 0.1) is 24.4 Å². The van der Waals surface area contributed by atoms with Gasteiger partial charge in [0.15, 0.2) is 0 Å². The maximum atomic E-state index is 12.4. The zero-order valence-electron chi connectivity index (χ0n) is 16.5. The number of pyridine rings is 1. The van der Waals surface area contributed by atoms with Gasteiger partial charge >= 0.3 is 5.97 Å². The number of amides is 3. The molecule has 9 nitrogen and oxygen atoms in total. The average molecular weight is 433 g/mol. The molecule has 0 saturated carbocycles. The first-order valence-electron chi connectivity index (χ1n) is 9.32. The number of fused-ring (bicyclic) bond motifs is 2. The molecule has 0 spiro atoms. The lowest BCUT2D eigenvalue weighted by molar-refractivity contribution is -0.151. The molecule has 2 bridgehead atoms. The Bertz CT molecular complexity index is 871. The average Bonchev–Trinajstić information content (AvgIpc) is 2.71. The van der Waals surface area contributed by atoms with Crippen molar-refractivity contribution < 1.29 is 23.9 Å². The molecule has 1 aromatic rings. The minimum absolute atomic E-state index is 0.0582. The highest BCUT2D eigenvalue weighted by Crippen LogP contribution is 2.07. The van der Waals surface area contributed by atoms with Crippen LogP contribution in [0.4, 0.5) is 0 Å². The largest absolute Gasteiger partial charge is 0.456 e. The van der Waals surface area contributed by atoms with Gasteiger partial charge in [-0.3, -0.25) is 14.4 Å². The topological polar surface area (TPSA) is 126 Å². The van der Waals surface area contributed by atoms with Crippen molar-refractivity contribution in [3.05, 3.63) is 54.0 Å². The van der Waals surface area contributed by atoms with E-state index in [0.29, 0.717) is 17.9 Å². The van der Waals surface area contributed by atoms with Crippen LogP contribution >= 0.6 is 12.6 Å². The molecule has 160 valence electrons. The predicted octanol–water partition coefficient (Wildman–Crippen LogP) is 0.638. The number of hydrogen-bond acceptors (Lipinski definition) is 7. The molecular formula is C20H24N4O5S. The molecule has 2 heterocycles. The summed E-state index contributed by atoms with van der Waals surface area (Å²) >= 11 is 4.12. The molecule has 0 aromatic carbocycles. The third-order valence-corrected chi connectivity index (χ3v) is 4.30. The van der Waals surface area contributed by atoms with Crippen molar-refractivity contribution in [2.75, 3.05) is 5.75 Å². The van der Waals surface area contributed by atoms with Gasteiger partial charge in [-0.1, -0.05) is 18.7 Å². The van der Waals surface area contributed by atoms with E-state index < -0.39 is 29.9 Å². The van der Waals surface area contributed by atoms with Crippen LogP contribution in [0.2, 0.25) is 0 Å². The number of esters is 1. The number of thiol groups is 1. The number of ether oxygens (including phenoxy) is 1. The van der Waals surface area contributed by atoms with Gasteiger partial charge in [0.1, 0.15) is 17.8 Å². The quantitative estimate of drug-likeness (QED) is 0.240. The third kappa shape index (κ3) is 7.03. The van der Waals surface area contributed by atoms with Gasteiger partial charge in [-0.05, 0) is 37.3 Å². The number of aromatic nitrogens is 1. The summed E-state index contributed by atoms with van der Waals surface area (Å²) in [6.07, 6.45) is 3.10. The summed E-state index contributed by atoms with van der Waals surface area (Å²) in [5, 5.41) is 7.43. The van der Waals surface area contributed by atoms with Crippen LogP contribution in [0.3, 0.4) is 0 Å². The van der Waals surface area contributed by atoms with Gasteiger partial charge in [0, 0.05) is 0 Å². The molecule has 0 aliphatic carbocycles. The summed E-state index contributed by atoms with van der Waals surface area (Å²) in [5.41, 5.74) is 0.270. The fourth-order valence-electron chi connectivity index (χ4n) is 2.47. The number of nitrogens with one attached hydrogen (secondary N) is 3. The molecule has 1 aliphatic rings. The summed E-state index contributed by atoms with van der Waals surface area (Å²) in [5.74, 6) is -1.87. The number of carbonyl (C=O) groups is 4. The number of allylic oxidation sites excluding steroid dienone is 1. The molecule has 10 heteroatoms. The Kier molecular flexibility index (Phi) is 8.60. The minimum Gasteiger partial charge on any atom is -0.456 e. The van der Waals surface area contributed by atoms with E-state index in [-0.39, 0.29) is 30.3 Å². The number of carbonyl (C=O) groups excluding carboxylic acids is 4. The van der Waals surface area contributed by atoms with Gasteiger partial charge in [0.25, 0.3) is 11.8 Å². The van der Waals surface area contributed by atoms with Crippen molar-refractivity contribution in [1.82, 2.24) is 20.9 Å². The Labute approximate surface area is 179 Å². The van der Waals surface area contributed by atoms with Crippen LogP contribution in [0.15, 0.2) is 42.6 Å². The minimum atomic E-state index is -1.02. The van der Waals surface area contributed by atoms with Gasteiger partial charge in [-0.15, -0.1) is 0 Å². The highest BCUT2D eigenvalue weighted by molar-refractivity contribution is 7.80. The lowest BCUT2D eigenvalue weighted by Gasteiger charge is -2.19. The Hall–Kier alpha value is -3.14. The van der Waals surface area contributed by atoms with E-state index in [9.17, 15) is 19.2 Å². The molecule has 1 aliphatic heterocycles. The first-order chi connectivity index (χ1) is 14.3. The zero-order chi connectivity index (χ0) is 22.1. The van der Waals surface area contributed by atoms with E-state index >= 15 is 0 Å². The summed E-state index contributed by atoms with van der Waals surface area (Å²) in [6, 6.07) is 3.71. The Morgan fingerprint density at radius 2 is 2.03 bits per heavy atom.